The molecule has 2 aliphatic rings. The summed E-state index contributed by atoms with van der Waals surface area (Å²) in [6, 6.07) is 8.07. The third-order valence-electron chi connectivity index (χ3n) is 5.07. The van der Waals surface area contributed by atoms with Crippen molar-refractivity contribution >= 4 is 17.6 Å². The van der Waals surface area contributed by atoms with E-state index in [0.29, 0.717) is 11.8 Å². The molecule has 3 unspecified atom stereocenters. The Hall–Kier alpha value is -2.14. The first kappa shape index (κ1) is 16.3. The highest BCUT2D eigenvalue weighted by Gasteiger charge is 2.34. The van der Waals surface area contributed by atoms with Crippen molar-refractivity contribution in [3.8, 4) is 17.0 Å². The highest BCUT2D eigenvalue weighted by atomic mass is 32.1. The van der Waals surface area contributed by atoms with Gasteiger partial charge in [-0.3, -0.25) is 4.99 Å². The van der Waals surface area contributed by atoms with Gasteiger partial charge in [0.2, 0.25) is 4.80 Å². The molecule has 0 N–H and O–H groups in total. The van der Waals surface area contributed by atoms with E-state index in [4.69, 9.17) is 9.84 Å². The molecule has 1 heterocycles. The van der Waals surface area contributed by atoms with Gasteiger partial charge in [-0.15, -0.1) is 11.3 Å². The number of aromatic nitrogens is 1. The summed E-state index contributed by atoms with van der Waals surface area (Å²) in [5, 5.41) is 6.97. The topological polar surface area (TPSA) is 38.9 Å². The standard InChI is InChI=1S/C20H23N3OS/c1-3-21-20-23(22-12-16-11-14-8-9-15(16)10-14)18(13-25-20)17-6-4-5-7-19(17)24-2/h4-9,12-16H,3,10-11H2,1-2H3. The molecule has 2 bridgehead atoms. The van der Waals surface area contributed by atoms with Crippen LogP contribution in [-0.2, 0) is 0 Å². The van der Waals surface area contributed by atoms with E-state index in [9.17, 15) is 0 Å². The fraction of sp³-hybridized carbons (Fsp3) is 0.400. The van der Waals surface area contributed by atoms with Gasteiger partial charge in [-0.2, -0.15) is 5.10 Å². The predicted molar refractivity (Wildman–Crippen MR) is 103 cm³/mol. The second kappa shape index (κ2) is 7.00. The molecule has 1 fully saturated rings. The number of allylic oxidation sites excluding steroid dienone is 2. The van der Waals surface area contributed by atoms with Crippen molar-refractivity contribution in [2.45, 2.75) is 19.8 Å². The lowest BCUT2D eigenvalue weighted by Crippen LogP contribution is -2.15. The molecule has 0 amide bonds. The number of benzene rings is 1. The van der Waals surface area contributed by atoms with E-state index >= 15 is 0 Å². The van der Waals surface area contributed by atoms with Gasteiger partial charge in [-0.05, 0) is 43.7 Å². The smallest absolute Gasteiger partial charge is 0.206 e. The average molecular weight is 353 g/mol. The van der Waals surface area contributed by atoms with Gasteiger partial charge < -0.3 is 4.74 Å². The van der Waals surface area contributed by atoms with Crippen molar-refractivity contribution in [2.24, 2.45) is 27.8 Å². The Morgan fingerprint density at radius 2 is 2.16 bits per heavy atom. The van der Waals surface area contributed by atoms with E-state index in [1.165, 1.54) is 12.8 Å². The summed E-state index contributed by atoms with van der Waals surface area (Å²) in [7, 11) is 1.71. The lowest BCUT2D eigenvalue weighted by Gasteiger charge is -2.13. The first-order valence-electron chi connectivity index (χ1n) is 8.87. The van der Waals surface area contributed by atoms with Gasteiger partial charge in [-0.25, -0.2) is 4.68 Å². The highest BCUT2D eigenvalue weighted by molar-refractivity contribution is 7.07. The number of rotatable bonds is 5. The van der Waals surface area contributed by atoms with Gasteiger partial charge in [0.15, 0.2) is 0 Å². The SMILES string of the molecule is CCN=c1scc(-c2ccccc2OC)n1N=CC1CC2C=CC1C2. The highest BCUT2D eigenvalue weighted by Crippen LogP contribution is 2.42. The summed E-state index contributed by atoms with van der Waals surface area (Å²) >= 11 is 1.63. The van der Waals surface area contributed by atoms with E-state index in [2.05, 4.69) is 41.7 Å². The van der Waals surface area contributed by atoms with Gasteiger partial charge in [-0.1, -0.05) is 24.3 Å². The van der Waals surface area contributed by atoms with Crippen molar-refractivity contribution in [1.82, 2.24) is 4.68 Å². The van der Waals surface area contributed by atoms with Crippen LogP contribution >= 0.6 is 11.3 Å². The third-order valence-corrected chi connectivity index (χ3v) is 5.92. The molecule has 1 aromatic carbocycles. The fourth-order valence-corrected chi connectivity index (χ4v) is 4.74. The molecule has 4 rings (SSSR count). The van der Waals surface area contributed by atoms with Crippen LogP contribution < -0.4 is 9.54 Å². The molecule has 3 atom stereocenters. The van der Waals surface area contributed by atoms with E-state index in [1.807, 2.05) is 22.9 Å². The van der Waals surface area contributed by atoms with E-state index in [-0.39, 0.29) is 0 Å². The molecule has 5 heteroatoms. The Labute approximate surface area is 152 Å². The third kappa shape index (κ3) is 3.09. The van der Waals surface area contributed by atoms with Crippen molar-refractivity contribution < 1.29 is 4.74 Å². The van der Waals surface area contributed by atoms with Crippen molar-refractivity contribution in [3.63, 3.8) is 0 Å². The number of methoxy groups -OCH3 is 1. The summed E-state index contributed by atoms with van der Waals surface area (Å²) in [4.78, 5) is 5.54. The molecule has 25 heavy (non-hydrogen) atoms. The minimum absolute atomic E-state index is 0.544. The Bertz CT molecular complexity index is 877. The van der Waals surface area contributed by atoms with Crippen LogP contribution in [0.15, 0.2) is 51.9 Å². The zero-order chi connectivity index (χ0) is 17.2. The van der Waals surface area contributed by atoms with Gasteiger partial charge >= 0.3 is 0 Å². The van der Waals surface area contributed by atoms with E-state index in [1.54, 1.807) is 18.4 Å². The maximum atomic E-state index is 5.54. The van der Waals surface area contributed by atoms with Crippen LogP contribution in [0, 0.1) is 17.8 Å². The zero-order valence-corrected chi connectivity index (χ0v) is 15.4. The first-order chi connectivity index (χ1) is 12.3. The summed E-state index contributed by atoms with van der Waals surface area (Å²) in [6.45, 7) is 2.80. The Balaban J connectivity index is 1.74. The lowest BCUT2D eigenvalue weighted by atomic mass is 9.95. The first-order valence-corrected chi connectivity index (χ1v) is 9.75. The fourth-order valence-electron chi connectivity index (χ4n) is 3.84. The summed E-state index contributed by atoms with van der Waals surface area (Å²) in [5.74, 6) is 2.81. The van der Waals surface area contributed by atoms with Crippen LogP contribution in [0.25, 0.3) is 11.3 Å². The maximum Gasteiger partial charge on any atom is 0.206 e. The van der Waals surface area contributed by atoms with Crippen molar-refractivity contribution in [2.75, 3.05) is 13.7 Å². The summed E-state index contributed by atoms with van der Waals surface area (Å²) in [6.07, 6.45) is 9.37. The van der Waals surface area contributed by atoms with Gasteiger partial charge in [0.05, 0.1) is 12.8 Å². The minimum Gasteiger partial charge on any atom is -0.496 e. The number of para-hydroxylation sites is 1. The molecule has 2 aliphatic carbocycles. The van der Waals surface area contributed by atoms with Crippen LogP contribution in [-0.4, -0.2) is 24.5 Å². The number of nitrogens with zero attached hydrogens (tertiary/aromatic N) is 3. The predicted octanol–water partition coefficient (Wildman–Crippen LogP) is 4.19. The maximum absolute atomic E-state index is 5.54. The Morgan fingerprint density at radius 1 is 1.28 bits per heavy atom. The van der Waals surface area contributed by atoms with Crippen molar-refractivity contribution in [3.05, 3.63) is 46.6 Å². The Morgan fingerprint density at radius 3 is 2.88 bits per heavy atom. The van der Waals surface area contributed by atoms with Crippen LogP contribution in [0.5, 0.6) is 5.75 Å². The second-order valence-electron chi connectivity index (χ2n) is 6.60. The van der Waals surface area contributed by atoms with Crippen LogP contribution in [0.1, 0.15) is 19.8 Å². The summed E-state index contributed by atoms with van der Waals surface area (Å²) in [5.41, 5.74) is 2.08. The molecule has 1 saturated carbocycles. The van der Waals surface area contributed by atoms with Crippen molar-refractivity contribution in [1.29, 1.82) is 0 Å². The lowest BCUT2D eigenvalue weighted by molar-refractivity contribution is 0.416. The molecule has 1 aromatic heterocycles. The largest absolute Gasteiger partial charge is 0.496 e. The van der Waals surface area contributed by atoms with Crippen LogP contribution in [0.3, 0.4) is 0 Å². The normalized spacial score (nSPS) is 25.4. The molecule has 4 nitrogen and oxygen atoms in total. The quantitative estimate of drug-likeness (QED) is 0.587. The zero-order valence-electron chi connectivity index (χ0n) is 14.6. The molecule has 0 saturated heterocycles. The molecule has 0 radical (unpaired) electrons. The van der Waals surface area contributed by atoms with Gasteiger partial charge in [0.1, 0.15) is 5.75 Å². The van der Waals surface area contributed by atoms with Crippen LogP contribution in [0.2, 0.25) is 0 Å². The summed E-state index contributed by atoms with van der Waals surface area (Å²) < 4.78 is 7.52. The molecular formula is C20H23N3OS. The molecule has 0 aliphatic heterocycles. The average Bonchev–Trinajstić information content (AvgIpc) is 3.36. The molecular weight excluding hydrogens is 330 g/mol. The van der Waals surface area contributed by atoms with E-state index in [0.717, 1.165) is 34.3 Å². The Kier molecular flexibility index (Phi) is 4.57. The number of ether oxygens (including phenoxy) is 1. The molecule has 130 valence electrons. The number of thiazole rings is 1. The monoisotopic (exact) mass is 353 g/mol. The van der Waals surface area contributed by atoms with E-state index < -0.39 is 0 Å². The molecule has 0 spiro atoms. The van der Waals surface area contributed by atoms with Gasteiger partial charge in [0, 0.05) is 29.6 Å². The number of hydrogen-bond donors (Lipinski definition) is 0. The van der Waals surface area contributed by atoms with Gasteiger partial charge in [0.25, 0.3) is 0 Å². The molecule has 2 aromatic rings. The second-order valence-corrected chi connectivity index (χ2v) is 7.44. The number of fused-ring (bicyclic) bond motifs is 2. The number of hydrogen-bond acceptors (Lipinski definition) is 4. The minimum atomic E-state index is 0.544. The van der Waals surface area contributed by atoms with Crippen LogP contribution in [0.4, 0.5) is 0 Å².